The first-order chi connectivity index (χ1) is 9.31. The average Bonchev–Trinajstić information content (AvgIpc) is 2.94. The average molecular weight is 259 g/mol. The van der Waals surface area contributed by atoms with E-state index in [1.165, 1.54) is 0 Å². The molecule has 1 unspecified atom stereocenters. The molecule has 1 heterocycles. The standard InChI is InChI=1S/C14H21N5/c1-3-15-11-7-8-12(2)19-17-14(16-18-19)13-9-5-4-6-10-13/h4-6,9-10,12,15H,3,7-8,11H2,1-2H3. The maximum absolute atomic E-state index is 4.45. The smallest absolute Gasteiger partial charge is 0.204 e. The predicted octanol–water partition coefficient (Wildman–Crippen LogP) is 2.29. The van der Waals surface area contributed by atoms with Crippen LogP contribution in [0.15, 0.2) is 30.3 Å². The summed E-state index contributed by atoms with van der Waals surface area (Å²) in [5, 5.41) is 16.0. The van der Waals surface area contributed by atoms with Gasteiger partial charge in [0.05, 0.1) is 6.04 Å². The van der Waals surface area contributed by atoms with E-state index in [0.717, 1.165) is 31.5 Å². The summed E-state index contributed by atoms with van der Waals surface area (Å²) in [7, 11) is 0. The first-order valence-corrected chi connectivity index (χ1v) is 6.87. The van der Waals surface area contributed by atoms with Crippen LogP contribution in [0.2, 0.25) is 0 Å². The van der Waals surface area contributed by atoms with Gasteiger partial charge in [-0.15, -0.1) is 10.2 Å². The second-order valence-corrected chi connectivity index (χ2v) is 4.64. The van der Waals surface area contributed by atoms with Crippen molar-refractivity contribution in [2.75, 3.05) is 13.1 Å². The van der Waals surface area contributed by atoms with Crippen LogP contribution < -0.4 is 5.32 Å². The van der Waals surface area contributed by atoms with Crippen molar-refractivity contribution >= 4 is 0 Å². The molecule has 5 nitrogen and oxygen atoms in total. The van der Waals surface area contributed by atoms with E-state index in [-0.39, 0.29) is 6.04 Å². The Morgan fingerprint density at radius 2 is 2.05 bits per heavy atom. The number of nitrogens with one attached hydrogen (secondary N) is 1. The summed E-state index contributed by atoms with van der Waals surface area (Å²) in [6.07, 6.45) is 2.18. The molecule has 2 rings (SSSR count). The minimum atomic E-state index is 0.281. The lowest BCUT2D eigenvalue weighted by molar-refractivity contribution is 0.389. The van der Waals surface area contributed by atoms with Crippen molar-refractivity contribution in [2.45, 2.75) is 32.7 Å². The SMILES string of the molecule is CCNCCCC(C)n1nnc(-c2ccccc2)n1. The van der Waals surface area contributed by atoms with E-state index in [9.17, 15) is 0 Å². The zero-order chi connectivity index (χ0) is 13.5. The monoisotopic (exact) mass is 259 g/mol. The van der Waals surface area contributed by atoms with Gasteiger partial charge in [0.2, 0.25) is 5.82 Å². The maximum Gasteiger partial charge on any atom is 0.204 e. The summed E-state index contributed by atoms with van der Waals surface area (Å²) in [6.45, 7) is 6.31. The largest absolute Gasteiger partial charge is 0.317 e. The number of nitrogens with zero attached hydrogens (tertiary/aromatic N) is 4. The van der Waals surface area contributed by atoms with Crippen LogP contribution in [0.1, 0.15) is 32.7 Å². The van der Waals surface area contributed by atoms with Gasteiger partial charge in [0.25, 0.3) is 0 Å². The summed E-state index contributed by atoms with van der Waals surface area (Å²) < 4.78 is 0. The minimum absolute atomic E-state index is 0.281. The van der Waals surface area contributed by atoms with Crippen LogP contribution in [0.3, 0.4) is 0 Å². The third kappa shape index (κ3) is 3.86. The van der Waals surface area contributed by atoms with Crippen LogP contribution >= 0.6 is 0 Å². The molecule has 0 spiro atoms. The quantitative estimate of drug-likeness (QED) is 0.775. The second kappa shape index (κ2) is 6.99. The molecule has 1 N–H and O–H groups in total. The van der Waals surface area contributed by atoms with E-state index < -0.39 is 0 Å². The normalized spacial score (nSPS) is 12.5. The topological polar surface area (TPSA) is 55.6 Å². The Balaban J connectivity index is 1.93. The molecular weight excluding hydrogens is 238 g/mol. The predicted molar refractivity (Wildman–Crippen MR) is 75.7 cm³/mol. The Hall–Kier alpha value is -1.75. The van der Waals surface area contributed by atoms with Crippen molar-refractivity contribution in [1.29, 1.82) is 0 Å². The zero-order valence-electron chi connectivity index (χ0n) is 11.6. The number of hydrogen-bond donors (Lipinski definition) is 1. The van der Waals surface area contributed by atoms with Gasteiger partial charge >= 0.3 is 0 Å². The molecule has 0 aliphatic carbocycles. The van der Waals surface area contributed by atoms with Crippen molar-refractivity contribution < 1.29 is 0 Å². The molecular formula is C14H21N5. The van der Waals surface area contributed by atoms with E-state index in [1.807, 2.05) is 30.3 Å². The lowest BCUT2D eigenvalue weighted by Crippen LogP contribution is -2.16. The van der Waals surface area contributed by atoms with E-state index in [0.29, 0.717) is 5.82 Å². The van der Waals surface area contributed by atoms with Crippen molar-refractivity contribution in [1.82, 2.24) is 25.5 Å². The number of aromatic nitrogens is 4. The number of hydrogen-bond acceptors (Lipinski definition) is 4. The Morgan fingerprint density at radius 1 is 1.26 bits per heavy atom. The molecule has 102 valence electrons. The summed E-state index contributed by atoms with van der Waals surface area (Å²) >= 11 is 0. The van der Waals surface area contributed by atoms with Crippen LogP contribution in [0, 0.1) is 0 Å². The lowest BCUT2D eigenvalue weighted by atomic mass is 10.2. The van der Waals surface area contributed by atoms with Crippen molar-refractivity contribution in [3.05, 3.63) is 30.3 Å². The fourth-order valence-corrected chi connectivity index (χ4v) is 1.93. The lowest BCUT2D eigenvalue weighted by Gasteiger charge is -2.09. The summed E-state index contributed by atoms with van der Waals surface area (Å²) in [5.74, 6) is 0.694. The molecule has 1 aromatic heterocycles. The van der Waals surface area contributed by atoms with Gasteiger partial charge in [0, 0.05) is 5.56 Å². The fourth-order valence-electron chi connectivity index (χ4n) is 1.93. The Bertz CT molecular complexity index is 480. The van der Waals surface area contributed by atoms with E-state index in [4.69, 9.17) is 0 Å². The van der Waals surface area contributed by atoms with Gasteiger partial charge in [-0.25, -0.2) is 0 Å². The molecule has 0 saturated heterocycles. The number of tetrazole rings is 1. The first kappa shape index (κ1) is 13.7. The number of benzene rings is 1. The van der Waals surface area contributed by atoms with E-state index in [2.05, 4.69) is 34.6 Å². The third-order valence-electron chi connectivity index (χ3n) is 3.08. The highest BCUT2D eigenvalue weighted by Gasteiger charge is 2.10. The van der Waals surface area contributed by atoms with Crippen molar-refractivity contribution in [3.8, 4) is 11.4 Å². The van der Waals surface area contributed by atoms with Crippen molar-refractivity contribution in [2.24, 2.45) is 0 Å². The van der Waals surface area contributed by atoms with Crippen LogP contribution in [-0.4, -0.2) is 33.3 Å². The highest BCUT2D eigenvalue weighted by Crippen LogP contribution is 2.15. The van der Waals surface area contributed by atoms with Gasteiger partial charge in [-0.2, -0.15) is 4.80 Å². The van der Waals surface area contributed by atoms with Gasteiger partial charge in [-0.1, -0.05) is 37.3 Å². The molecule has 0 bridgehead atoms. The molecule has 0 aliphatic rings. The van der Waals surface area contributed by atoms with Crippen LogP contribution in [0.5, 0.6) is 0 Å². The summed E-state index contributed by atoms with van der Waals surface area (Å²) in [6, 6.07) is 10.2. The Morgan fingerprint density at radius 3 is 2.79 bits per heavy atom. The highest BCUT2D eigenvalue weighted by atomic mass is 15.6. The fraction of sp³-hybridized carbons (Fsp3) is 0.500. The second-order valence-electron chi connectivity index (χ2n) is 4.64. The Labute approximate surface area is 114 Å². The van der Waals surface area contributed by atoms with Crippen LogP contribution in [0.25, 0.3) is 11.4 Å². The minimum Gasteiger partial charge on any atom is -0.317 e. The Kier molecular flexibility index (Phi) is 5.03. The zero-order valence-corrected chi connectivity index (χ0v) is 11.6. The molecule has 0 radical (unpaired) electrons. The van der Waals surface area contributed by atoms with Crippen molar-refractivity contribution in [3.63, 3.8) is 0 Å². The van der Waals surface area contributed by atoms with Gasteiger partial charge in [-0.05, 0) is 38.1 Å². The van der Waals surface area contributed by atoms with Gasteiger partial charge in [-0.3, -0.25) is 0 Å². The molecule has 0 saturated carbocycles. The highest BCUT2D eigenvalue weighted by molar-refractivity contribution is 5.52. The van der Waals surface area contributed by atoms with Crippen LogP contribution in [0.4, 0.5) is 0 Å². The molecule has 19 heavy (non-hydrogen) atoms. The van der Waals surface area contributed by atoms with Gasteiger partial charge in [0.15, 0.2) is 0 Å². The molecule has 2 aromatic rings. The van der Waals surface area contributed by atoms with E-state index in [1.54, 1.807) is 4.80 Å². The van der Waals surface area contributed by atoms with Crippen LogP contribution in [-0.2, 0) is 0 Å². The van der Waals surface area contributed by atoms with Gasteiger partial charge in [0.1, 0.15) is 0 Å². The first-order valence-electron chi connectivity index (χ1n) is 6.87. The molecule has 0 aliphatic heterocycles. The van der Waals surface area contributed by atoms with E-state index >= 15 is 0 Å². The molecule has 1 atom stereocenters. The molecule has 1 aromatic carbocycles. The third-order valence-corrected chi connectivity index (χ3v) is 3.08. The molecule has 5 heteroatoms. The molecule has 0 amide bonds. The van der Waals surface area contributed by atoms with Gasteiger partial charge < -0.3 is 5.32 Å². The number of rotatable bonds is 7. The summed E-state index contributed by atoms with van der Waals surface area (Å²) in [4.78, 5) is 1.72. The summed E-state index contributed by atoms with van der Waals surface area (Å²) in [5.41, 5.74) is 1.01. The maximum atomic E-state index is 4.45. The molecule has 0 fully saturated rings.